The number of nitrogens with zero attached hydrogens (tertiary/aromatic N) is 1. The molecule has 1 fully saturated rings. The summed E-state index contributed by atoms with van der Waals surface area (Å²) in [6.07, 6.45) is 2.59. The van der Waals surface area contributed by atoms with E-state index in [-0.39, 0.29) is 6.04 Å². The zero-order valence-corrected chi connectivity index (χ0v) is 9.02. The van der Waals surface area contributed by atoms with Gasteiger partial charge in [-0.25, -0.2) is 0 Å². The first-order valence-electron chi connectivity index (χ1n) is 5.44. The Morgan fingerprint density at radius 3 is 2.62 bits per heavy atom. The molecule has 82 valence electrons. The molecule has 0 bridgehead atoms. The Morgan fingerprint density at radius 1 is 1.44 bits per heavy atom. The summed E-state index contributed by atoms with van der Waals surface area (Å²) >= 11 is 0. The lowest BCUT2D eigenvalue weighted by atomic mass is 9.99. The first kappa shape index (κ1) is 10.8. The van der Waals surface area contributed by atoms with Crippen LogP contribution in [-0.4, -0.2) is 12.3 Å². The van der Waals surface area contributed by atoms with E-state index >= 15 is 0 Å². The molecule has 0 radical (unpaired) electrons. The minimum atomic E-state index is -0.413. The second-order valence-corrected chi connectivity index (χ2v) is 4.28. The van der Waals surface area contributed by atoms with Crippen LogP contribution in [0.5, 0.6) is 0 Å². The van der Waals surface area contributed by atoms with Crippen LogP contribution in [0.4, 0.5) is 0 Å². The van der Waals surface area contributed by atoms with Crippen molar-refractivity contribution >= 4 is 6.29 Å². The van der Waals surface area contributed by atoms with Crippen LogP contribution in [0.1, 0.15) is 18.4 Å². The van der Waals surface area contributed by atoms with Gasteiger partial charge in [-0.15, -0.1) is 0 Å². The maximum atomic E-state index is 10.9. The fraction of sp³-hybridized carbons (Fsp3) is 0.385. The molecule has 3 nitrogen and oxygen atoms in total. The van der Waals surface area contributed by atoms with Gasteiger partial charge in [0.15, 0.2) is 0 Å². The number of benzene rings is 1. The van der Waals surface area contributed by atoms with Gasteiger partial charge in [-0.2, -0.15) is 5.26 Å². The Labute approximate surface area is 95.1 Å². The van der Waals surface area contributed by atoms with Crippen molar-refractivity contribution in [3.05, 3.63) is 35.9 Å². The van der Waals surface area contributed by atoms with Crippen molar-refractivity contribution in [2.24, 2.45) is 5.41 Å². The summed E-state index contributed by atoms with van der Waals surface area (Å²) in [5, 5.41) is 12.2. The van der Waals surface area contributed by atoms with E-state index < -0.39 is 5.41 Å². The van der Waals surface area contributed by atoms with Gasteiger partial charge in [-0.3, -0.25) is 5.32 Å². The standard InChI is InChI=1S/C13H14N2O/c14-8-12(13(10-16)6-7-13)15-9-11-4-2-1-3-5-11/h1-5,10,12,15H,6-7,9H2. The molecule has 0 saturated heterocycles. The monoisotopic (exact) mass is 214 g/mol. The molecule has 2 rings (SSSR count). The Morgan fingerprint density at radius 2 is 2.12 bits per heavy atom. The molecule has 1 saturated carbocycles. The zero-order chi connectivity index (χ0) is 11.4. The van der Waals surface area contributed by atoms with Crippen molar-refractivity contribution in [1.29, 1.82) is 5.26 Å². The van der Waals surface area contributed by atoms with Gasteiger partial charge in [0.2, 0.25) is 0 Å². The molecule has 0 aromatic heterocycles. The number of nitriles is 1. The number of carbonyl (C=O) groups excluding carboxylic acids is 1. The van der Waals surface area contributed by atoms with Crippen LogP contribution in [0.3, 0.4) is 0 Å². The Hall–Kier alpha value is -1.66. The Kier molecular flexibility index (Phi) is 3.02. The lowest BCUT2D eigenvalue weighted by Gasteiger charge is -2.16. The van der Waals surface area contributed by atoms with E-state index in [0.29, 0.717) is 6.54 Å². The van der Waals surface area contributed by atoms with Crippen LogP contribution in [-0.2, 0) is 11.3 Å². The highest BCUT2D eigenvalue weighted by Gasteiger charge is 2.49. The van der Waals surface area contributed by atoms with E-state index in [2.05, 4.69) is 11.4 Å². The third-order valence-electron chi connectivity index (χ3n) is 3.12. The van der Waals surface area contributed by atoms with Gasteiger partial charge in [0.1, 0.15) is 12.3 Å². The number of carbonyl (C=O) groups is 1. The van der Waals surface area contributed by atoms with Crippen molar-refractivity contribution < 1.29 is 4.79 Å². The molecule has 0 amide bonds. The lowest BCUT2D eigenvalue weighted by molar-refractivity contribution is -0.112. The number of nitrogens with one attached hydrogen (secondary N) is 1. The normalized spacial score (nSPS) is 18.4. The van der Waals surface area contributed by atoms with Crippen molar-refractivity contribution in [3.8, 4) is 6.07 Å². The third kappa shape index (κ3) is 2.12. The highest BCUT2D eigenvalue weighted by Crippen LogP contribution is 2.46. The van der Waals surface area contributed by atoms with Gasteiger partial charge in [0.05, 0.1) is 11.5 Å². The maximum Gasteiger partial charge on any atom is 0.128 e. The van der Waals surface area contributed by atoms with E-state index in [1.54, 1.807) is 0 Å². The van der Waals surface area contributed by atoms with Gasteiger partial charge in [-0.05, 0) is 18.4 Å². The topological polar surface area (TPSA) is 52.9 Å². The minimum absolute atomic E-state index is 0.356. The zero-order valence-electron chi connectivity index (χ0n) is 9.02. The second kappa shape index (κ2) is 4.46. The smallest absolute Gasteiger partial charge is 0.128 e. The van der Waals surface area contributed by atoms with E-state index in [1.165, 1.54) is 0 Å². The predicted molar refractivity (Wildman–Crippen MR) is 60.4 cm³/mol. The lowest BCUT2D eigenvalue weighted by Crippen LogP contribution is -2.36. The van der Waals surface area contributed by atoms with Crippen molar-refractivity contribution in [3.63, 3.8) is 0 Å². The Bertz CT molecular complexity index is 404. The molecular weight excluding hydrogens is 200 g/mol. The molecule has 1 aliphatic carbocycles. The third-order valence-corrected chi connectivity index (χ3v) is 3.12. The Balaban J connectivity index is 1.95. The van der Waals surface area contributed by atoms with Gasteiger partial charge < -0.3 is 4.79 Å². The average Bonchev–Trinajstić information content (AvgIpc) is 3.12. The van der Waals surface area contributed by atoms with Gasteiger partial charge in [0, 0.05) is 6.54 Å². The summed E-state index contributed by atoms with van der Waals surface area (Å²) < 4.78 is 0. The van der Waals surface area contributed by atoms with Crippen molar-refractivity contribution in [2.75, 3.05) is 0 Å². The van der Waals surface area contributed by atoms with Crippen LogP contribution in [0.2, 0.25) is 0 Å². The van der Waals surface area contributed by atoms with E-state index in [0.717, 1.165) is 24.7 Å². The quantitative estimate of drug-likeness (QED) is 0.758. The van der Waals surface area contributed by atoms with Crippen LogP contribution >= 0.6 is 0 Å². The largest absolute Gasteiger partial charge is 0.303 e. The molecule has 3 heteroatoms. The first-order valence-corrected chi connectivity index (χ1v) is 5.44. The van der Waals surface area contributed by atoms with Crippen LogP contribution < -0.4 is 5.32 Å². The first-order chi connectivity index (χ1) is 7.80. The van der Waals surface area contributed by atoms with E-state index in [9.17, 15) is 4.79 Å². The van der Waals surface area contributed by atoms with Crippen LogP contribution in [0.25, 0.3) is 0 Å². The van der Waals surface area contributed by atoms with Gasteiger partial charge in [0.25, 0.3) is 0 Å². The number of hydrogen-bond acceptors (Lipinski definition) is 3. The summed E-state index contributed by atoms with van der Waals surface area (Å²) in [7, 11) is 0. The summed E-state index contributed by atoms with van der Waals surface area (Å²) in [5.74, 6) is 0. The van der Waals surface area contributed by atoms with Crippen molar-refractivity contribution in [2.45, 2.75) is 25.4 Å². The molecule has 0 heterocycles. The summed E-state index contributed by atoms with van der Waals surface area (Å²) in [4.78, 5) is 10.9. The number of hydrogen-bond donors (Lipinski definition) is 1. The molecule has 1 N–H and O–H groups in total. The SMILES string of the molecule is N#CC(NCc1ccccc1)C1(C=O)CC1. The van der Waals surface area contributed by atoms with E-state index in [1.807, 2.05) is 30.3 Å². The van der Waals surface area contributed by atoms with Gasteiger partial charge >= 0.3 is 0 Å². The predicted octanol–water partition coefficient (Wildman–Crippen LogP) is 1.65. The molecule has 1 unspecified atom stereocenters. The molecule has 0 spiro atoms. The summed E-state index contributed by atoms with van der Waals surface area (Å²) in [6, 6.07) is 11.7. The number of rotatable bonds is 5. The second-order valence-electron chi connectivity index (χ2n) is 4.28. The summed E-state index contributed by atoms with van der Waals surface area (Å²) in [6.45, 7) is 0.634. The molecule has 1 aliphatic rings. The maximum absolute atomic E-state index is 10.9. The molecule has 0 aliphatic heterocycles. The molecule has 1 aromatic carbocycles. The minimum Gasteiger partial charge on any atom is -0.303 e. The molecular formula is C13H14N2O. The fourth-order valence-electron chi connectivity index (χ4n) is 1.81. The highest BCUT2D eigenvalue weighted by molar-refractivity contribution is 5.66. The average molecular weight is 214 g/mol. The fourth-order valence-corrected chi connectivity index (χ4v) is 1.81. The molecule has 16 heavy (non-hydrogen) atoms. The van der Waals surface area contributed by atoms with E-state index in [4.69, 9.17) is 5.26 Å². The van der Waals surface area contributed by atoms with Crippen LogP contribution in [0, 0.1) is 16.7 Å². The highest BCUT2D eigenvalue weighted by atomic mass is 16.1. The van der Waals surface area contributed by atoms with Crippen molar-refractivity contribution in [1.82, 2.24) is 5.32 Å². The number of aldehydes is 1. The van der Waals surface area contributed by atoms with Crippen LogP contribution in [0.15, 0.2) is 30.3 Å². The van der Waals surface area contributed by atoms with Gasteiger partial charge in [-0.1, -0.05) is 30.3 Å². The molecule has 1 atom stereocenters. The molecule has 1 aromatic rings. The summed E-state index contributed by atoms with van der Waals surface area (Å²) in [5.41, 5.74) is 0.716.